The summed E-state index contributed by atoms with van der Waals surface area (Å²) >= 11 is 0. The molecule has 10 heavy (non-hydrogen) atoms. The molecule has 0 saturated heterocycles. The van der Waals surface area contributed by atoms with Crippen molar-refractivity contribution >= 4 is 0 Å². The second-order valence-electron chi connectivity index (χ2n) is 2.51. The summed E-state index contributed by atoms with van der Waals surface area (Å²) in [5, 5.41) is 14.2. The van der Waals surface area contributed by atoms with E-state index in [4.69, 9.17) is 0 Å². The molecule has 0 unspecified atom stereocenters. The average molecular weight is 144 g/mol. The lowest BCUT2D eigenvalue weighted by atomic mass is 10.3. The van der Waals surface area contributed by atoms with E-state index in [1.54, 1.807) is 0 Å². The second kappa shape index (κ2) is 3.39. The maximum Gasteiger partial charge on any atom is 0.199 e. The van der Waals surface area contributed by atoms with Gasteiger partial charge in [0.2, 0.25) is 0 Å². The molecule has 0 aromatic rings. The molecule has 0 heterocycles. The number of rotatable bonds is 2. The first-order chi connectivity index (χ1) is 4.84. The van der Waals surface area contributed by atoms with Crippen LogP contribution >= 0.6 is 0 Å². The smallest absolute Gasteiger partial charge is 0.199 e. The van der Waals surface area contributed by atoms with Crippen LogP contribution in [0, 0.1) is 5.21 Å². The lowest BCUT2D eigenvalue weighted by Crippen LogP contribution is -2.15. The molecule has 4 nitrogen and oxygen atoms in total. The summed E-state index contributed by atoms with van der Waals surface area (Å²) in [5.74, 6) is 0. The number of hydroxylamine groups is 1. The summed E-state index contributed by atoms with van der Waals surface area (Å²) in [6.45, 7) is 0. The van der Waals surface area contributed by atoms with Crippen LogP contribution in [0.2, 0.25) is 0 Å². The molecule has 0 bridgehead atoms. The Balaban J connectivity index is 2.39. The van der Waals surface area contributed by atoms with Gasteiger partial charge in [0.25, 0.3) is 0 Å². The minimum absolute atomic E-state index is 0.0694. The molecule has 0 amide bonds. The molecule has 0 radical (unpaired) electrons. The van der Waals surface area contributed by atoms with E-state index >= 15 is 0 Å². The summed E-state index contributed by atoms with van der Waals surface area (Å²) in [7, 11) is 1.39. The van der Waals surface area contributed by atoms with Gasteiger partial charge in [-0.2, -0.15) is 0 Å². The molecule has 4 heteroatoms. The minimum Gasteiger partial charge on any atom is -0.597 e. The van der Waals surface area contributed by atoms with Crippen molar-refractivity contribution in [3.63, 3.8) is 0 Å². The summed E-state index contributed by atoms with van der Waals surface area (Å²) in [4.78, 5) is 5.03. The molecule has 1 fully saturated rings. The Bertz CT molecular complexity index is 130. The third-order valence-electron chi connectivity index (χ3n) is 1.80. The zero-order chi connectivity index (χ0) is 7.40. The zero-order valence-electron chi connectivity index (χ0n) is 6.12. The normalized spacial score (nSPS) is 21.5. The van der Waals surface area contributed by atoms with E-state index in [2.05, 4.69) is 10.1 Å². The largest absolute Gasteiger partial charge is 0.597 e. The van der Waals surface area contributed by atoms with Crippen LogP contribution in [0.25, 0.3) is 0 Å². The van der Waals surface area contributed by atoms with E-state index in [9.17, 15) is 5.21 Å². The monoisotopic (exact) mass is 144 g/mol. The van der Waals surface area contributed by atoms with Gasteiger partial charge in [0.1, 0.15) is 7.11 Å². The van der Waals surface area contributed by atoms with E-state index in [-0.39, 0.29) is 6.04 Å². The highest BCUT2D eigenvalue weighted by atomic mass is 16.7. The quantitative estimate of drug-likeness (QED) is 0.334. The Hall–Kier alpha value is -0.800. The first-order valence-corrected chi connectivity index (χ1v) is 3.55. The van der Waals surface area contributed by atoms with Gasteiger partial charge >= 0.3 is 0 Å². The fraction of sp³-hybridized carbons (Fsp3) is 1.00. The fourth-order valence-electron chi connectivity index (χ4n) is 1.27. The van der Waals surface area contributed by atoms with Gasteiger partial charge in [-0.15, -0.1) is 0 Å². The lowest BCUT2D eigenvalue weighted by Gasteiger charge is -2.04. The topological polar surface area (TPSA) is 47.7 Å². The molecule has 0 N–H and O–H groups in total. The standard InChI is InChI=1S/C6H12N2O2/c1-10-7-8(9)6-4-2-3-5-6/h6H,2-5H2,1H3/b8-7+. The predicted octanol–water partition coefficient (Wildman–Crippen LogP) is 1.45. The third-order valence-corrected chi connectivity index (χ3v) is 1.80. The van der Waals surface area contributed by atoms with Crippen LogP contribution in [0.15, 0.2) is 5.28 Å². The van der Waals surface area contributed by atoms with Crippen molar-refractivity contribution in [1.82, 2.24) is 0 Å². The lowest BCUT2D eigenvalue weighted by molar-refractivity contribution is -0.591. The SMILES string of the molecule is CO/N=[N+](/[O-])C1CCCC1. The molecule has 58 valence electrons. The van der Waals surface area contributed by atoms with Crippen molar-refractivity contribution < 1.29 is 9.70 Å². The first kappa shape index (κ1) is 7.31. The molecule has 0 aromatic carbocycles. The summed E-state index contributed by atoms with van der Waals surface area (Å²) < 4.78 is 0. The molecular formula is C6H12N2O2. The van der Waals surface area contributed by atoms with Gasteiger partial charge in [0, 0.05) is 12.8 Å². The van der Waals surface area contributed by atoms with Gasteiger partial charge in [-0.25, -0.2) is 0 Å². The van der Waals surface area contributed by atoms with E-state index in [1.807, 2.05) is 0 Å². The summed E-state index contributed by atoms with van der Waals surface area (Å²) in [6, 6.07) is 0.0694. The highest BCUT2D eigenvalue weighted by Gasteiger charge is 2.23. The third kappa shape index (κ3) is 1.59. The molecule has 0 aromatic heterocycles. The van der Waals surface area contributed by atoms with E-state index < -0.39 is 0 Å². The first-order valence-electron chi connectivity index (χ1n) is 3.55. The van der Waals surface area contributed by atoms with Crippen LogP contribution in [0.1, 0.15) is 25.7 Å². The molecule has 1 aliphatic carbocycles. The van der Waals surface area contributed by atoms with Gasteiger partial charge < -0.3 is 10.0 Å². The van der Waals surface area contributed by atoms with Crippen molar-refractivity contribution in [2.24, 2.45) is 5.28 Å². The second-order valence-corrected chi connectivity index (χ2v) is 2.51. The van der Waals surface area contributed by atoms with Gasteiger partial charge in [-0.3, -0.25) is 0 Å². The Morgan fingerprint density at radius 2 is 2.10 bits per heavy atom. The number of nitrogens with zero attached hydrogens (tertiary/aromatic N) is 2. The molecule has 0 aliphatic heterocycles. The number of hydrogen-bond donors (Lipinski definition) is 0. The summed E-state index contributed by atoms with van der Waals surface area (Å²) in [5.41, 5.74) is 0. The Kier molecular flexibility index (Phi) is 2.48. The van der Waals surface area contributed by atoms with E-state index in [0.717, 1.165) is 25.7 Å². The molecular weight excluding hydrogens is 132 g/mol. The minimum atomic E-state index is 0.0694. The molecule has 1 rings (SSSR count). The van der Waals surface area contributed by atoms with Gasteiger partial charge in [0.05, 0.1) is 0 Å². The molecule has 0 spiro atoms. The Morgan fingerprint density at radius 1 is 1.50 bits per heavy atom. The maximum absolute atomic E-state index is 10.9. The predicted molar refractivity (Wildman–Crippen MR) is 35.3 cm³/mol. The van der Waals surface area contributed by atoms with Crippen LogP contribution in [0.4, 0.5) is 0 Å². The van der Waals surface area contributed by atoms with Crippen LogP contribution in [-0.2, 0) is 4.84 Å². The van der Waals surface area contributed by atoms with Crippen molar-refractivity contribution in [2.45, 2.75) is 31.7 Å². The maximum atomic E-state index is 10.9. The molecule has 1 saturated carbocycles. The van der Waals surface area contributed by atoms with Crippen molar-refractivity contribution in [3.8, 4) is 0 Å². The van der Waals surface area contributed by atoms with Gasteiger partial charge in [0.15, 0.2) is 11.3 Å². The highest BCUT2D eigenvalue weighted by Crippen LogP contribution is 2.20. The van der Waals surface area contributed by atoms with Crippen molar-refractivity contribution in [3.05, 3.63) is 5.21 Å². The Morgan fingerprint density at radius 3 is 2.60 bits per heavy atom. The van der Waals surface area contributed by atoms with Gasteiger partial charge in [-0.05, 0) is 12.8 Å². The van der Waals surface area contributed by atoms with Crippen LogP contribution in [0.3, 0.4) is 0 Å². The van der Waals surface area contributed by atoms with E-state index in [0.29, 0.717) is 4.86 Å². The van der Waals surface area contributed by atoms with E-state index in [1.165, 1.54) is 7.11 Å². The van der Waals surface area contributed by atoms with Gasteiger partial charge in [-0.1, -0.05) is 4.86 Å². The van der Waals surface area contributed by atoms with Crippen molar-refractivity contribution in [2.75, 3.05) is 7.11 Å². The van der Waals surface area contributed by atoms with Crippen molar-refractivity contribution in [1.29, 1.82) is 0 Å². The zero-order valence-corrected chi connectivity index (χ0v) is 6.12. The Labute approximate surface area is 60.0 Å². The van der Waals surface area contributed by atoms with Crippen LogP contribution in [-0.4, -0.2) is 18.0 Å². The average Bonchev–Trinajstić information content (AvgIpc) is 2.38. The summed E-state index contributed by atoms with van der Waals surface area (Å²) in [6.07, 6.45) is 4.19. The fourth-order valence-corrected chi connectivity index (χ4v) is 1.27. The molecule has 0 atom stereocenters. The number of hydrogen-bond acceptors (Lipinski definition) is 3. The molecule has 1 aliphatic rings. The van der Waals surface area contributed by atoms with Crippen LogP contribution in [0.5, 0.6) is 0 Å². The van der Waals surface area contributed by atoms with Crippen LogP contribution < -0.4 is 0 Å². The highest BCUT2D eigenvalue weighted by molar-refractivity contribution is 4.64.